The smallest absolute Gasteiger partial charge is 0.307 e. The third kappa shape index (κ3) is 1.13. The van der Waals surface area contributed by atoms with Crippen molar-refractivity contribution in [2.45, 2.75) is 32.6 Å². The molecule has 2 nitrogen and oxygen atoms in total. The first-order valence-corrected chi connectivity index (χ1v) is 5.63. The number of fused-ring (bicyclic) bond motifs is 5. The van der Waals surface area contributed by atoms with Crippen LogP contribution in [0.4, 0.5) is 0 Å². The van der Waals surface area contributed by atoms with Gasteiger partial charge in [-0.3, -0.25) is 4.79 Å². The van der Waals surface area contributed by atoms with Crippen LogP contribution in [-0.2, 0) is 9.53 Å². The predicted molar refractivity (Wildman–Crippen MR) is 52.3 cm³/mol. The summed E-state index contributed by atoms with van der Waals surface area (Å²) in [6.45, 7) is 1.49. The van der Waals surface area contributed by atoms with E-state index in [4.69, 9.17) is 4.74 Å². The summed E-state index contributed by atoms with van der Waals surface area (Å²) in [5.41, 5.74) is 0. The summed E-state index contributed by atoms with van der Waals surface area (Å²) < 4.78 is 5.19. The molecule has 2 heteroatoms. The van der Waals surface area contributed by atoms with Crippen LogP contribution in [-0.4, -0.2) is 5.97 Å². The van der Waals surface area contributed by atoms with Crippen LogP contribution in [0.25, 0.3) is 0 Å². The molecule has 2 bridgehead atoms. The highest BCUT2D eigenvalue weighted by Crippen LogP contribution is 2.57. The van der Waals surface area contributed by atoms with E-state index >= 15 is 0 Å². The van der Waals surface area contributed by atoms with Crippen molar-refractivity contribution >= 4 is 5.97 Å². The molecule has 0 N–H and O–H groups in total. The van der Waals surface area contributed by atoms with E-state index in [0.29, 0.717) is 0 Å². The minimum absolute atomic E-state index is 0.163. The number of carbonyl (C=O) groups is 1. The molecule has 2 fully saturated rings. The van der Waals surface area contributed by atoms with E-state index in [1.54, 1.807) is 0 Å². The Morgan fingerprint density at radius 1 is 1.43 bits per heavy atom. The van der Waals surface area contributed by atoms with Gasteiger partial charge in [-0.1, -0.05) is 0 Å². The highest BCUT2D eigenvalue weighted by Gasteiger charge is 2.49. The Hall–Kier alpha value is -0.790. The molecule has 0 heterocycles. The van der Waals surface area contributed by atoms with Gasteiger partial charge in [-0.25, -0.2) is 0 Å². The molecule has 14 heavy (non-hydrogen) atoms. The van der Waals surface area contributed by atoms with Gasteiger partial charge in [0.1, 0.15) is 5.76 Å². The third-order valence-electron chi connectivity index (χ3n) is 4.25. The molecule has 3 rings (SSSR count). The lowest BCUT2D eigenvalue weighted by Crippen LogP contribution is -2.16. The van der Waals surface area contributed by atoms with Gasteiger partial charge in [0.15, 0.2) is 0 Å². The van der Waals surface area contributed by atoms with Crippen LogP contribution in [0.1, 0.15) is 32.6 Å². The Morgan fingerprint density at radius 3 is 2.93 bits per heavy atom. The molecule has 0 aliphatic heterocycles. The lowest BCUT2D eigenvalue weighted by molar-refractivity contribution is -0.137. The molecule has 4 atom stereocenters. The van der Waals surface area contributed by atoms with Gasteiger partial charge in [-0.2, -0.15) is 0 Å². The maximum absolute atomic E-state index is 10.8. The largest absolute Gasteiger partial charge is 0.432 e. The van der Waals surface area contributed by atoms with Gasteiger partial charge in [0.25, 0.3) is 0 Å². The van der Waals surface area contributed by atoms with Crippen LogP contribution < -0.4 is 0 Å². The van der Waals surface area contributed by atoms with Crippen molar-refractivity contribution in [3.63, 3.8) is 0 Å². The molecule has 0 aromatic rings. The van der Waals surface area contributed by atoms with Gasteiger partial charge in [0.05, 0.1) is 0 Å². The normalized spacial score (nSPS) is 43.6. The molecular weight excluding hydrogens is 176 g/mol. The monoisotopic (exact) mass is 192 g/mol. The van der Waals surface area contributed by atoms with E-state index < -0.39 is 0 Å². The van der Waals surface area contributed by atoms with Gasteiger partial charge in [0.2, 0.25) is 0 Å². The highest BCUT2D eigenvalue weighted by atomic mass is 16.5. The first-order chi connectivity index (χ1) is 6.74. The van der Waals surface area contributed by atoms with Crippen LogP contribution >= 0.6 is 0 Å². The summed E-state index contributed by atoms with van der Waals surface area (Å²) in [5, 5.41) is 0. The molecule has 0 aromatic heterocycles. The second-order valence-corrected chi connectivity index (χ2v) is 5.01. The van der Waals surface area contributed by atoms with Crippen molar-refractivity contribution in [2.24, 2.45) is 23.7 Å². The second-order valence-electron chi connectivity index (χ2n) is 5.01. The molecule has 0 saturated heterocycles. The lowest BCUT2D eigenvalue weighted by Gasteiger charge is -2.23. The molecule has 3 aliphatic carbocycles. The van der Waals surface area contributed by atoms with E-state index in [2.05, 4.69) is 6.08 Å². The van der Waals surface area contributed by atoms with Gasteiger partial charge in [-0.15, -0.1) is 0 Å². The minimum atomic E-state index is -0.163. The number of rotatable bonds is 1. The molecule has 2 saturated carbocycles. The number of esters is 1. The maximum atomic E-state index is 10.8. The lowest BCUT2D eigenvalue weighted by atomic mass is 9.82. The van der Waals surface area contributed by atoms with E-state index in [1.165, 1.54) is 26.2 Å². The summed E-state index contributed by atoms with van der Waals surface area (Å²) in [4.78, 5) is 10.8. The van der Waals surface area contributed by atoms with Crippen molar-refractivity contribution in [3.05, 3.63) is 11.8 Å². The Morgan fingerprint density at radius 2 is 2.21 bits per heavy atom. The van der Waals surface area contributed by atoms with E-state index in [9.17, 15) is 4.79 Å². The van der Waals surface area contributed by atoms with Crippen molar-refractivity contribution < 1.29 is 9.53 Å². The van der Waals surface area contributed by atoms with Crippen LogP contribution in [0.15, 0.2) is 11.8 Å². The van der Waals surface area contributed by atoms with Crippen molar-refractivity contribution in [3.8, 4) is 0 Å². The summed E-state index contributed by atoms with van der Waals surface area (Å²) in [5.74, 6) is 4.16. The Bertz CT molecular complexity index is 305. The van der Waals surface area contributed by atoms with Gasteiger partial charge < -0.3 is 4.74 Å². The highest BCUT2D eigenvalue weighted by molar-refractivity contribution is 5.67. The Balaban J connectivity index is 1.76. The molecule has 4 unspecified atom stereocenters. The molecule has 0 aromatic carbocycles. The number of allylic oxidation sites excluding steroid dienone is 2. The summed E-state index contributed by atoms with van der Waals surface area (Å²) in [6.07, 6.45) is 7.49. The summed E-state index contributed by atoms with van der Waals surface area (Å²) in [6, 6.07) is 0. The first kappa shape index (κ1) is 8.51. The fourth-order valence-electron chi connectivity index (χ4n) is 3.79. The quantitative estimate of drug-likeness (QED) is 0.597. The fraction of sp³-hybridized carbons (Fsp3) is 0.750. The molecular formula is C12H16O2. The fourth-order valence-corrected chi connectivity index (χ4v) is 3.79. The van der Waals surface area contributed by atoms with Gasteiger partial charge in [-0.05, 0) is 49.0 Å². The predicted octanol–water partition coefficient (Wildman–Crippen LogP) is 2.50. The van der Waals surface area contributed by atoms with E-state index in [0.717, 1.165) is 35.9 Å². The number of carbonyl (C=O) groups excluding carboxylic acids is 1. The minimum Gasteiger partial charge on any atom is -0.432 e. The van der Waals surface area contributed by atoms with Crippen LogP contribution in [0.2, 0.25) is 0 Å². The topological polar surface area (TPSA) is 26.3 Å². The standard InChI is InChI=1S/C12H16O2/c1-7(13)14-10-5-11-8-2-3-9(4-8)12(11)6-10/h5,8-9,11-12H,2-4,6H2,1H3. The van der Waals surface area contributed by atoms with Gasteiger partial charge >= 0.3 is 5.97 Å². The first-order valence-electron chi connectivity index (χ1n) is 5.63. The molecule has 3 aliphatic rings. The average Bonchev–Trinajstić information content (AvgIpc) is 2.69. The Labute approximate surface area is 84.3 Å². The SMILES string of the molecule is CC(=O)OC1=CC2C3CCC(C3)C2C1. The van der Waals surface area contributed by atoms with Crippen molar-refractivity contribution in [1.82, 2.24) is 0 Å². The molecule has 0 amide bonds. The number of hydrogen-bond acceptors (Lipinski definition) is 2. The number of ether oxygens (including phenoxy) is 1. The number of hydrogen-bond donors (Lipinski definition) is 0. The summed E-state index contributed by atoms with van der Waals surface area (Å²) >= 11 is 0. The summed E-state index contributed by atoms with van der Waals surface area (Å²) in [7, 11) is 0. The zero-order chi connectivity index (χ0) is 9.71. The van der Waals surface area contributed by atoms with Crippen LogP contribution in [0.5, 0.6) is 0 Å². The molecule has 76 valence electrons. The van der Waals surface area contributed by atoms with Crippen LogP contribution in [0, 0.1) is 23.7 Å². The zero-order valence-electron chi connectivity index (χ0n) is 8.53. The van der Waals surface area contributed by atoms with Gasteiger partial charge in [0, 0.05) is 13.3 Å². The maximum Gasteiger partial charge on any atom is 0.307 e. The van der Waals surface area contributed by atoms with Crippen molar-refractivity contribution in [1.29, 1.82) is 0 Å². The van der Waals surface area contributed by atoms with Crippen LogP contribution in [0.3, 0.4) is 0 Å². The van der Waals surface area contributed by atoms with E-state index in [1.807, 2.05) is 0 Å². The average molecular weight is 192 g/mol. The Kier molecular flexibility index (Phi) is 1.73. The zero-order valence-corrected chi connectivity index (χ0v) is 8.53. The molecule has 0 spiro atoms. The van der Waals surface area contributed by atoms with Crippen molar-refractivity contribution in [2.75, 3.05) is 0 Å². The third-order valence-corrected chi connectivity index (χ3v) is 4.25. The molecule has 0 radical (unpaired) electrons. The second kappa shape index (κ2) is 2.85. The van der Waals surface area contributed by atoms with E-state index in [-0.39, 0.29) is 5.97 Å².